The molecule has 2 aromatic carbocycles. The van der Waals surface area contributed by atoms with Crippen LogP contribution in [0.3, 0.4) is 0 Å². The summed E-state index contributed by atoms with van der Waals surface area (Å²) in [6.07, 6.45) is 6.01. The van der Waals surface area contributed by atoms with Gasteiger partial charge in [0.1, 0.15) is 17.1 Å². The van der Waals surface area contributed by atoms with E-state index < -0.39 is 0 Å². The average molecular weight is 454 g/mol. The summed E-state index contributed by atoms with van der Waals surface area (Å²) in [5.41, 5.74) is 5.72. The topological polar surface area (TPSA) is 51.5 Å². The number of amides is 1. The van der Waals surface area contributed by atoms with Gasteiger partial charge in [-0.3, -0.25) is 4.79 Å². The molecule has 0 atom stereocenters. The van der Waals surface area contributed by atoms with E-state index in [4.69, 9.17) is 9.15 Å². The summed E-state index contributed by atoms with van der Waals surface area (Å²) in [6.45, 7) is 3.96. The maximum absolute atomic E-state index is 12.6. The molecule has 0 radical (unpaired) electrons. The number of aryl methyl sites for hydroxylation is 3. The zero-order valence-corrected chi connectivity index (χ0v) is 18.5. The van der Waals surface area contributed by atoms with Gasteiger partial charge in [0.05, 0.1) is 7.11 Å². The van der Waals surface area contributed by atoms with Crippen molar-refractivity contribution in [1.82, 2.24) is 0 Å². The molecule has 4 nitrogen and oxygen atoms in total. The van der Waals surface area contributed by atoms with Crippen LogP contribution in [-0.4, -0.2) is 13.0 Å². The van der Waals surface area contributed by atoms with Gasteiger partial charge in [0.15, 0.2) is 0 Å². The van der Waals surface area contributed by atoms with Crippen molar-refractivity contribution in [3.8, 4) is 5.75 Å². The van der Waals surface area contributed by atoms with Crippen molar-refractivity contribution in [2.45, 2.75) is 39.5 Å². The fourth-order valence-electron chi connectivity index (χ4n) is 4.11. The zero-order chi connectivity index (χ0) is 20.5. The lowest BCUT2D eigenvalue weighted by Gasteiger charge is -2.13. The normalized spacial score (nSPS) is 14.0. The molecule has 5 heteroatoms. The number of furan rings is 1. The minimum Gasteiger partial charge on any atom is -0.496 e. The Morgan fingerprint density at radius 1 is 1.24 bits per heavy atom. The predicted molar refractivity (Wildman–Crippen MR) is 121 cm³/mol. The van der Waals surface area contributed by atoms with Crippen LogP contribution in [0, 0.1) is 6.92 Å². The standard InChI is InChI=1S/C24H24BrNO3/c1-14(11-22(27)26-17-8-6-7-16(25)12-17)19-13-20-18-9-4-5-10-21(18)29-24(20)15(2)23(19)28-3/h6-8,11-13H,4-5,9-10H2,1-3H3,(H,26,27)/b14-11+. The van der Waals surface area contributed by atoms with Crippen LogP contribution < -0.4 is 10.1 Å². The third-order valence-corrected chi connectivity index (χ3v) is 5.99. The van der Waals surface area contributed by atoms with Crippen LogP contribution in [0.5, 0.6) is 5.75 Å². The summed E-state index contributed by atoms with van der Waals surface area (Å²) in [4.78, 5) is 12.6. The molecule has 1 N–H and O–H groups in total. The van der Waals surface area contributed by atoms with E-state index in [0.717, 1.165) is 62.2 Å². The van der Waals surface area contributed by atoms with Crippen molar-refractivity contribution in [3.63, 3.8) is 0 Å². The molecule has 0 fully saturated rings. The number of rotatable bonds is 4. The van der Waals surface area contributed by atoms with Crippen molar-refractivity contribution in [3.05, 3.63) is 63.3 Å². The van der Waals surface area contributed by atoms with Crippen LogP contribution in [0.15, 0.2) is 45.3 Å². The molecule has 1 aliphatic rings. The highest BCUT2D eigenvalue weighted by Gasteiger charge is 2.23. The number of hydrogen-bond donors (Lipinski definition) is 1. The Hall–Kier alpha value is -2.53. The molecule has 1 heterocycles. The second-order valence-corrected chi connectivity index (χ2v) is 8.41. The first-order chi connectivity index (χ1) is 14.0. The van der Waals surface area contributed by atoms with Gasteiger partial charge in [-0.2, -0.15) is 0 Å². The molecule has 29 heavy (non-hydrogen) atoms. The molecule has 0 saturated carbocycles. The first-order valence-electron chi connectivity index (χ1n) is 9.85. The highest BCUT2D eigenvalue weighted by Crippen LogP contribution is 2.41. The van der Waals surface area contributed by atoms with Crippen LogP contribution >= 0.6 is 15.9 Å². The lowest BCUT2D eigenvalue weighted by Crippen LogP contribution is -2.08. The smallest absolute Gasteiger partial charge is 0.248 e. The maximum atomic E-state index is 12.6. The summed E-state index contributed by atoms with van der Waals surface area (Å²) >= 11 is 3.42. The molecule has 1 aromatic heterocycles. The molecule has 0 unspecified atom stereocenters. The number of nitrogens with one attached hydrogen (secondary N) is 1. The van der Waals surface area contributed by atoms with E-state index in [1.165, 1.54) is 18.4 Å². The van der Waals surface area contributed by atoms with Crippen LogP contribution in [0.25, 0.3) is 16.5 Å². The first kappa shape index (κ1) is 19.8. The van der Waals surface area contributed by atoms with Gasteiger partial charge in [-0.1, -0.05) is 22.0 Å². The third-order valence-electron chi connectivity index (χ3n) is 5.50. The zero-order valence-electron chi connectivity index (χ0n) is 16.9. The number of ether oxygens (including phenoxy) is 1. The van der Waals surface area contributed by atoms with Crippen molar-refractivity contribution in [1.29, 1.82) is 0 Å². The SMILES string of the molecule is COc1c(/C(C)=C/C(=O)Nc2cccc(Br)c2)cc2c3c(oc2c1C)CCCC3. The number of methoxy groups -OCH3 is 1. The fourth-order valence-corrected chi connectivity index (χ4v) is 4.51. The highest BCUT2D eigenvalue weighted by molar-refractivity contribution is 9.10. The molecule has 1 amide bonds. The molecule has 4 rings (SSSR count). The summed E-state index contributed by atoms with van der Waals surface area (Å²) in [5, 5.41) is 4.06. The number of anilines is 1. The highest BCUT2D eigenvalue weighted by atomic mass is 79.9. The Labute approximate surface area is 179 Å². The molecule has 3 aromatic rings. The van der Waals surface area contributed by atoms with Gasteiger partial charge in [0.2, 0.25) is 5.91 Å². The summed E-state index contributed by atoms with van der Waals surface area (Å²) in [5.74, 6) is 1.69. The number of fused-ring (bicyclic) bond motifs is 3. The van der Waals surface area contributed by atoms with Crippen molar-refractivity contribution >= 4 is 44.1 Å². The number of halogens is 1. The summed E-state index contributed by atoms with van der Waals surface area (Å²) < 4.78 is 12.8. The Morgan fingerprint density at radius 2 is 2.03 bits per heavy atom. The minimum absolute atomic E-state index is 0.172. The van der Waals surface area contributed by atoms with E-state index in [1.54, 1.807) is 13.2 Å². The van der Waals surface area contributed by atoms with Gasteiger partial charge in [0.25, 0.3) is 0 Å². The van der Waals surface area contributed by atoms with Crippen LogP contribution in [0.1, 0.15) is 42.2 Å². The quantitative estimate of drug-likeness (QED) is 0.462. The van der Waals surface area contributed by atoms with E-state index in [9.17, 15) is 4.79 Å². The summed E-state index contributed by atoms with van der Waals surface area (Å²) in [6, 6.07) is 9.66. The largest absolute Gasteiger partial charge is 0.496 e. The second kappa shape index (κ2) is 8.07. The first-order valence-corrected chi connectivity index (χ1v) is 10.6. The lowest BCUT2D eigenvalue weighted by molar-refractivity contribution is -0.111. The predicted octanol–water partition coefficient (Wildman–Crippen LogP) is 6.43. The van der Waals surface area contributed by atoms with Crippen molar-refractivity contribution in [2.24, 2.45) is 0 Å². The minimum atomic E-state index is -0.172. The molecule has 0 aliphatic heterocycles. The van der Waals surface area contributed by atoms with Crippen LogP contribution in [0.4, 0.5) is 5.69 Å². The molecular weight excluding hydrogens is 430 g/mol. The maximum Gasteiger partial charge on any atom is 0.248 e. The Bertz CT molecular complexity index is 1130. The van der Waals surface area contributed by atoms with Crippen molar-refractivity contribution < 1.29 is 13.9 Å². The van der Waals surface area contributed by atoms with Gasteiger partial charge >= 0.3 is 0 Å². The number of hydrogen-bond acceptors (Lipinski definition) is 3. The van der Waals surface area contributed by atoms with E-state index in [0.29, 0.717) is 0 Å². The molecular formula is C24H24BrNO3. The molecule has 1 aliphatic carbocycles. The number of benzene rings is 2. The fraction of sp³-hybridized carbons (Fsp3) is 0.292. The van der Waals surface area contributed by atoms with Crippen molar-refractivity contribution in [2.75, 3.05) is 12.4 Å². The molecule has 150 valence electrons. The van der Waals surface area contributed by atoms with E-state index in [1.807, 2.05) is 38.1 Å². The monoisotopic (exact) mass is 453 g/mol. The number of carbonyl (C=O) groups excluding carboxylic acids is 1. The van der Waals surface area contributed by atoms with Crippen LogP contribution in [0.2, 0.25) is 0 Å². The Morgan fingerprint density at radius 3 is 2.79 bits per heavy atom. The lowest BCUT2D eigenvalue weighted by atomic mass is 9.93. The molecule has 0 bridgehead atoms. The molecule has 0 spiro atoms. The molecule has 0 saturated heterocycles. The van der Waals surface area contributed by atoms with Crippen LogP contribution in [-0.2, 0) is 17.6 Å². The van der Waals surface area contributed by atoms with Gasteiger partial charge in [-0.05, 0) is 62.9 Å². The van der Waals surface area contributed by atoms with E-state index in [2.05, 4.69) is 27.3 Å². The Kier molecular flexibility index (Phi) is 5.50. The van der Waals surface area contributed by atoms with Gasteiger partial charge in [0, 0.05) is 44.7 Å². The van der Waals surface area contributed by atoms with Gasteiger partial charge in [-0.25, -0.2) is 0 Å². The van der Waals surface area contributed by atoms with E-state index >= 15 is 0 Å². The number of carbonyl (C=O) groups is 1. The van der Waals surface area contributed by atoms with E-state index in [-0.39, 0.29) is 5.91 Å². The van der Waals surface area contributed by atoms with Gasteiger partial charge in [-0.15, -0.1) is 0 Å². The van der Waals surface area contributed by atoms with Gasteiger partial charge < -0.3 is 14.5 Å². The average Bonchev–Trinajstić information content (AvgIpc) is 3.07. The third kappa shape index (κ3) is 3.84. The number of allylic oxidation sites excluding steroid dienone is 1. The second-order valence-electron chi connectivity index (χ2n) is 7.50. The summed E-state index contributed by atoms with van der Waals surface area (Å²) in [7, 11) is 1.66. The Balaban J connectivity index is 1.73.